The molecule has 0 aliphatic carbocycles. The number of hydrogen-bond acceptors (Lipinski definition) is 3. The zero-order chi connectivity index (χ0) is 14.5. The first-order valence-electron chi connectivity index (χ1n) is 6.48. The molecule has 20 heavy (non-hydrogen) atoms. The summed E-state index contributed by atoms with van der Waals surface area (Å²) in [6, 6.07) is 14.1. The highest BCUT2D eigenvalue weighted by molar-refractivity contribution is 6.04. The number of amides is 1. The summed E-state index contributed by atoms with van der Waals surface area (Å²) in [6.07, 6.45) is 0. The summed E-state index contributed by atoms with van der Waals surface area (Å²) in [7, 11) is 1.91. The molecule has 0 heterocycles. The largest absolute Gasteiger partial charge is 0.508 e. The van der Waals surface area contributed by atoms with Gasteiger partial charge in [-0.3, -0.25) is 4.79 Å². The summed E-state index contributed by atoms with van der Waals surface area (Å²) in [5, 5.41) is 15.2. The number of carbonyl (C=O) groups is 1. The van der Waals surface area contributed by atoms with E-state index in [0.717, 1.165) is 11.3 Å². The predicted octanol–water partition coefficient (Wildman–Crippen LogP) is 2.92. The number of anilines is 1. The van der Waals surface area contributed by atoms with E-state index >= 15 is 0 Å². The molecular formula is C16H18N2O2. The minimum atomic E-state index is -0.195. The fourth-order valence-electron chi connectivity index (χ4n) is 1.84. The van der Waals surface area contributed by atoms with E-state index in [2.05, 4.69) is 17.6 Å². The number of benzene rings is 2. The van der Waals surface area contributed by atoms with Crippen LogP contribution >= 0.6 is 0 Å². The van der Waals surface area contributed by atoms with E-state index in [4.69, 9.17) is 0 Å². The maximum Gasteiger partial charge on any atom is 0.255 e. The van der Waals surface area contributed by atoms with Crippen molar-refractivity contribution in [3.05, 3.63) is 59.7 Å². The minimum Gasteiger partial charge on any atom is -0.508 e. The normalized spacial score (nSPS) is 11.9. The Labute approximate surface area is 118 Å². The average Bonchev–Trinajstić information content (AvgIpc) is 2.48. The van der Waals surface area contributed by atoms with E-state index in [1.54, 1.807) is 12.1 Å². The molecule has 0 bridgehead atoms. The number of carbonyl (C=O) groups excluding carboxylic acids is 1. The first-order chi connectivity index (χ1) is 9.60. The van der Waals surface area contributed by atoms with E-state index < -0.39 is 0 Å². The second-order valence-electron chi connectivity index (χ2n) is 4.63. The summed E-state index contributed by atoms with van der Waals surface area (Å²) in [6.45, 7) is 2.07. The van der Waals surface area contributed by atoms with Gasteiger partial charge in [0.25, 0.3) is 5.91 Å². The van der Waals surface area contributed by atoms with Gasteiger partial charge in [0.2, 0.25) is 0 Å². The highest BCUT2D eigenvalue weighted by Crippen LogP contribution is 2.17. The molecule has 0 saturated heterocycles. The van der Waals surface area contributed by atoms with Gasteiger partial charge in [-0.25, -0.2) is 0 Å². The van der Waals surface area contributed by atoms with Gasteiger partial charge in [-0.2, -0.15) is 0 Å². The second kappa shape index (κ2) is 6.21. The number of rotatable bonds is 4. The fraction of sp³-hybridized carbons (Fsp3) is 0.188. The SMILES string of the molecule is CNC(C)c1ccc(NC(=O)c2ccc(O)cc2)cc1. The molecule has 0 spiro atoms. The van der Waals surface area contributed by atoms with E-state index in [9.17, 15) is 9.90 Å². The molecule has 4 nitrogen and oxygen atoms in total. The van der Waals surface area contributed by atoms with E-state index in [1.807, 2.05) is 31.3 Å². The van der Waals surface area contributed by atoms with Gasteiger partial charge < -0.3 is 15.7 Å². The van der Waals surface area contributed by atoms with Gasteiger partial charge in [-0.1, -0.05) is 12.1 Å². The highest BCUT2D eigenvalue weighted by Gasteiger charge is 2.07. The van der Waals surface area contributed by atoms with Crippen molar-refractivity contribution in [2.24, 2.45) is 0 Å². The maximum atomic E-state index is 12.0. The maximum absolute atomic E-state index is 12.0. The van der Waals surface area contributed by atoms with Gasteiger partial charge in [0, 0.05) is 17.3 Å². The van der Waals surface area contributed by atoms with Crippen LogP contribution in [0.5, 0.6) is 5.75 Å². The summed E-state index contributed by atoms with van der Waals surface area (Å²) < 4.78 is 0. The smallest absolute Gasteiger partial charge is 0.255 e. The Kier molecular flexibility index (Phi) is 4.38. The van der Waals surface area contributed by atoms with Gasteiger partial charge in [-0.15, -0.1) is 0 Å². The van der Waals surface area contributed by atoms with Gasteiger partial charge in [0.1, 0.15) is 5.75 Å². The molecule has 1 atom stereocenters. The van der Waals surface area contributed by atoms with Crippen LogP contribution in [0, 0.1) is 0 Å². The number of nitrogens with one attached hydrogen (secondary N) is 2. The van der Waals surface area contributed by atoms with E-state index in [0.29, 0.717) is 5.56 Å². The summed E-state index contributed by atoms with van der Waals surface area (Å²) in [5.41, 5.74) is 2.42. The van der Waals surface area contributed by atoms with Crippen molar-refractivity contribution in [3.63, 3.8) is 0 Å². The van der Waals surface area contributed by atoms with Crippen molar-refractivity contribution in [3.8, 4) is 5.75 Å². The van der Waals surface area contributed by atoms with Crippen LogP contribution in [0.25, 0.3) is 0 Å². The molecule has 0 aromatic heterocycles. The summed E-state index contributed by atoms with van der Waals surface area (Å²) >= 11 is 0. The summed E-state index contributed by atoms with van der Waals surface area (Å²) in [5.74, 6) is -0.0497. The van der Waals surface area contributed by atoms with E-state index in [1.165, 1.54) is 12.1 Å². The van der Waals surface area contributed by atoms with Gasteiger partial charge >= 0.3 is 0 Å². The average molecular weight is 270 g/mol. The van der Waals surface area contributed by atoms with Crippen molar-refractivity contribution in [2.75, 3.05) is 12.4 Å². The third-order valence-corrected chi connectivity index (χ3v) is 3.23. The lowest BCUT2D eigenvalue weighted by atomic mass is 10.1. The third kappa shape index (κ3) is 3.36. The standard InChI is InChI=1S/C16H18N2O2/c1-11(17-2)12-3-7-14(8-4-12)18-16(20)13-5-9-15(19)10-6-13/h3-11,17,19H,1-2H3,(H,18,20). The van der Waals surface area contributed by atoms with Crippen LogP contribution in [-0.4, -0.2) is 18.1 Å². The molecule has 104 valence electrons. The second-order valence-corrected chi connectivity index (χ2v) is 4.63. The molecule has 2 rings (SSSR count). The highest BCUT2D eigenvalue weighted by atomic mass is 16.3. The molecule has 2 aromatic rings. The third-order valence-electron chi connectivity index (χ3n) is 3.23. The molecule has 0 aliphatic rings. The molecule has 0 saturated carbocycles. The molecule has 2 aromatic carbocycles. The fourth-order valence-corrected chi connectivity index (χ4v) is 1.84. The van der Waals surface area contributed by atoms with Gasteiger partial charge in [0.15, 0.2) is 0 Å². The molecule has 3 N–H and O–H groups in total. The Hall–Kier alpha value is -2.33. The van der Waals surface area contributed by atoms with E-state index in [-0.39, 0.29) is 17.7 Å². The monoisotopic (exact) mass is 270 g/mol. The number of phenols is 1. The molecule has 0 radical (unpaired) electrons. The Bertz CT molecular complexity index is 576. The Morgan fingerprint density at radius 2 is 1.65 bits per heavy atom. The zero-order valence-corrected chi connectivity index (χ0v) is 11.6. The van der Waals surface area contributed by atoms with Gasteiger partial charge in [0.05, 0.1) is 0 Å². The predicted molar refractivity (Wildman–Crippen MR) is 80.0 cm³/mol. The van der Waals surface area contributed by atoms with Crippen molar-refractivity contribution in [2.45, 2.75) is 13.0 Å². The van der Waals surface area contributed by atoms with Crippen molar-refractivity contribution in [1.82, 2.24) is 5.32 Å². The molecule has 0 aliphatic heterocycles. The molecule has 1 unspecified atom stereocenters. The summed E-state index contributed by atoms with van der Waals surface area (Å²) in [4.78, 5) is 12.0. The molecule has 1 amide bonds. The Morgan fingerprint density at radius 1 is 1.05 bits per heavy atom. The molecule has 0 fully saturated rings. The van der Waals surface area contributed by atoms with Crippen LogP contribution < -0.4 is 10.6 Å². The van der Waals surface area contributed by atoms with Crippen molar-refractivity contribution >= 4 is 11.6 Å². The van der Waals surface area contributed by atoms with Crippen LogP contribution in [0.15, 0.2) is 48.5 Å². The topological polar surface area (TPSA) is 61.4 Å². The van der Waals surface area contributed by atoms with Crippen LogP contribution in [0.1, 0.15) is 28.9 Å². The Balaban J connectivity index is 2.06. The first-order valence-corrected chi connectivity index (χ1v) is 6.48. The van der Waals surface area contributed by atoms with Gasteiger partial charge in [-0.05, 0) is 55.9 Å². The lowest BCUT2D eigenvalue weighted by Crippen LogP contribution is -2.13. The quantitative estimate of drug-likeness (QED) is 0.800. The lowest BCUT2D eigenvalue weighted by Gasteiger charge is -2.11. The first kappa shape index (κ1) is 14.1. The molecule has 4 heteroatoms. The van der Waals surface area contributed by atoms with Crippen LogP contribution in [0.2, 0.25) is 0 Å². The number of hydrogen-bond donors (Lipinski definition) is 3. The molecular weight excluding hydrogens is 252 g/mol. The van der Waals surface area contributed by atoms with Crippen LogP contribution in [0.4, 0.5) is 5.69 Å². The van der Waals surface area contributed by atoms with Crippen LogP contribution in [0.3, 0.4) is 0 Å². The minimum absolute atomic E-state index is 0.145. The van der Waals surface area contributed by atoms with Crippen molar-refractivity contribution in [1.29, 1.82) is 0 Å². The zero-order valence-electron chi connectivity index (χ0n) is 11.6. The van der Waals surface area contributed by atoms with Crippen LogP contribution in [-0.2, 0) is 0 Å². The van der Waals surface area contributed by atoms with Crippen molar-refractivity contribution < 1.29 is 9.90 Å². The lowest BCUT2D eigenvalue weighted by molar-refractivity contribution is 0.102. The number of phenolic OH excluding ortho intramolecular Hbond substituents is 1. The Morgan fingerprint density at radius 3 is 2.20 bits per heavy atom. The number of aromatic hydroxyl groups is 1.